The fourth-order valence-electron chi connectivity index (χ4n) is 24.1. The van der Waals surface area contributed by atoms with Gasteiger partial charge in [0.15, 0.2) is 17.5 Å². The molecular weight excluding hydrogens is 1760 g/mol. The molecule has 0 amide bonds. The first-order valence-corrected chi connectivity index (χ1v) is 50.2. The maximum absolute atomic E-state index is 6.37. The lowest BCUT2D eigenvalue weighted by atomic mass is 9.82. The van der Waals surface area contributed by atoms with Crippen molar-refractivity contribution in [2.75, 3.05) is 0 Å². The Morgan fingerprint density at radius 2 is 0.566 bits per heavy atom. The molecule has 8 heterocycles. The molecule has 0 saturated heterocycles. The summed E-state index contributed by atoms with van der Waals surface area (Å²) in [7, 11) is 0. The molecule has 4 aliphatic carbocycles. The Morgan fingerprint density at radius 1 is 0.203 bits per heavy atom. The second kappa shape index (κ2) is 31.6. The Bertz CT molecular complexity index is 9480. The number of nitrogens with zero attached hydrogens (tertiary/aromatic N) is 9. The summed E-state index contributed by atoms with van der Waals surface area (Å²) < 4.78 is 16.2. The minimum Gasteiger partial charge on any atom is -0.456 e. The van der Waals surface area contributed by atoms with Gasteiger partial charge in [0, 0.05) is 158 Å². The molecule has 0 fully saturated rings. The van der Waals surface area contributed by atoms with E-state index in [-0.39, 0.29) is 21.7 Å². The molecule has 0 spiro atoms. The standard InChI is InChI=1S/C46H35N3.C43H29N3O.C43H29N3S/c1-45(2)36-19-11-8-16-31(36)34-26-35-32-17-10-13-21-39(32)49(40(35)27-38(34)45)30-24-22-28(23-25-30)42-41-33-18-9-12-20-37(33)46(3,4)43(41)48-44(47-42)29-14-6-5-7-15-29;2*1-43(2)34-20-9-6-19-31(34)39-40(44-42(45-41(39)43)26-13-4-3-5-14-26)27-15-12-16-28(23-27)46-35-21-10-7-17-29(35)32-24-33-30-18-8-11-22-37(30)47-38(33)25-36(32)46/h5-27H,1-4H3;2*3-25H,1-2H3. The van der Waals surface area contributed by atoms with Crippen LogP contribution in [0.1, 0.15) is 100 Å². The van der Waals surface area contributed by atoms with Crippen LogP contribution in [0.4, 0.5) is 0 Å². The lowest BCUT2D eigenvalue weighted by Crippen LogP contribution is -2.17. The van der Waals surface area contributed by atoms with Crippen LogP contribution in [-0.4, -0.2) is 43.6 Å². The molecule has 678 valence electrons. The maximum Gasteiger partial charge on any atom is 0.160 e. The first-order chi connectivity index (χ1) is 69.9. The third-order valence-corrected chi connectivity index (χ3v) is 32.2. The minimum atomic E-state index is -0.254. The summed E-state index contributed by atoms with van der Waals surface area (Å²) in [5.41, 5.74) is 40.3. The number of furan rings is 1. The smallest absolute Gasteiger partial charge is 0.160 e. The molecule has 8 aromatic heterocycles. The summed E-state index contributed by atoms with van der Waals surface area (Å²) in [5.74, 6) is 2.27. The number of fused-ring (bicyclic) bond motifs is 27. The molecule has 0 saturated carbocycles. The highest BCUT2D eigenvalue weighted by Crippen LogP contribution is 2.58. The van der Waals surface area contributed by atoms with Crippen molar-refractivity contribution < 1.29 is 4.42 Å². The largest absolute Gasteiger partial charge is 0.456 e. The SMILES string of the molecule is CC1(C)c2ccccc2-c2c(-c3cccc(-n4c5ccccc5c5cc6c(cc54)oc4ccccc46)c3)nc(-c3ccccc3)nc21.CC1(C)c2ccccc2-c2c(-c3cccc(-n4c5ccccc5c5cc6c(cc54)sc4ccccc46)c3)nc(-c3ccccc3)nc21.CC1(C)c2ccccc2-c2cc3c4ccccc4n(-c4ccc(-c5nc(-c6ccccc6)nc6c5-c5ccccc5C6(C)C)cc4)c3cc21. The van der Waals surface area contributed by atoms with Crippen LogP contribution < -0.4 is 0 Å². The number of aromatic nitrogens is 9. The molecule has 0 atom stereocenters. The van der Waals surface area contributed by atoms with E-state index in [0.29, 0.717) is 0 Å². The third-order valence-electron chi connectivity index (χ3n) is 31.1. The molecule has 0 radical (unpaired) electrons. The lowest BCUT2D eigenvalue weighted by molar-refractivity contribution is 0.636. The number of thiophene rings is 1. The van der Waals surface area contributed by atoms with Gasteiger partial charge in [0.1, 0.15) is 11.2 Å². The van der Waals surface area contributed by atoms with Gasteiger partial charge in [0.05, 0.1) is 67.3 Å². The average molecular weight is 1850 g/mol. The van der Waals surface area contributed by atoms with Crippen LogP contribution in [0.5, 0.6) is 0 Å². The first-order valence-electron chi connectivity index (χ1n) is 49.4. The summed E-state index contributed by atoms with van der Waals surface area (Å²) in [6.45, 7) is 18.4. The van der Waals surface area contributed by atoms with Crippen molar-refractivity contribution >= 4 is 119 Å². The fraction of sp³-hybridized carbons (Fsp3) is 0.0909. The van der Waals surface area contributed by atoms with E-state index in [1.54, 1.807) is 0 Å². The highest BCUT2D eigenvalue weighted by atomic mass is 32.1. The van der Waals surface area contributed by atoms with Gasteiger partial charge in [0.25, 0.3) is 0 Å². The van der Waals surface area contributed by atoms with Crippen LogP contribution in [0, 0.1) is 0 Å². The van der Waals surface area contributed by atoms with Crippen molar-refractivity contribution in [2.24, 2.45) is 0 Å². The highest BCUT2D eigenvalue weighted by molar-refractivity contribution is 7.25. The molecule has 0 aliphatic heterocycles. The molecule has 143 heavy (non-hydrogen) atoms. The first kappa shape index (κ1) is 83.8. The molecule has 18 aromatic carbocycles. The Balaban J connectivity index is 0.000000105. The molecule has 0 unspecified atom stereocenters. The monoisotopic (exact) mass is 1850 g/mol. The number of para-hydroxylation sites is 4. The van der Waals surface area contributed by atoms with Crippen molar-refractivity contribution in [3.63, 3.8) is 0 Å². The fourth-order valence-corrected chi connectivity index (χ4v) is 25.2. The molecule has 30 rings (SSSR count). The molecule has 10 nitrogen and oxygen atoms in total. The zero-order valence-electron chi connectivity index (χ0n) is 80.2. The van der Waals surface area contributed by atoms with Crippen molar-refractivity contribution in [2.45, 2.75) is 77.0 Å². The summed E-state index contributed by atoms with van der Waals surface area (Å²) in [4.78, 5) is 31.7. The van der Waals surface area contributed by atoms with Crippen molar-refractivity contribution in [1.29, 1.82) is 0 Å². The quantitative estimate of drug-likeness (QED) is 0.142. The summed E-state index contributed by atoms with van der Waals surface area (Å²) in [6, 6.07) is 150. The van der Waals surface area contributed by atoms with E-state index in [9.17, 15) is 0 Å². The molecule has 0 N–H and O–H groups in total. The third kappa shape index (κ3) is 12.7. The summed E-state index contributed by atoms with van der Waals surface area (Å²) >= 11 is 1.87. The predicted molar refractivity (Wildman–Crippen MR) is 592 cm³/mol. The molecule has 26 aromatic rings. The van der Waals surface area contributed by atoms with E-state index in [2.05, 4.69) is 445 Å². The van der Waals surface area contributed by atoms with Gasteiger partial charge in [-0.05, 0) is 153 Å². The average Bonchev–Trinajstić information content (AvgIpc) is 1.53. The van der Waals surface area contributed by atoms with Crippen LogP contribution in [-0.2, 0) is 21.7 Å². The van der Waals surface area contributed by atoms with Crippen molar-refractivity contribution in [3.05, 3.63) is 463 Å². The van der Waals surface area contributed by atoms with Gasteiger partial charge in [-0.3, -0.25) is 0 Å². The van der Waals surface area contributed by atoms with Gasteiger partial charge in [0.2, 0.25) is 0 Å². The van der Waals surface area contributed by atoms with E-state index in [0.717, 1.165) is 152 Å². The number of hydrogen-bond acceptors (Lipinski definition) is 8. The highest BCUT2D eigenvalue weighted by Gasteiger charge is 2.44. The second-order valence-electron chi connectivity index (χ2n) is 40.7. The van der Waals surface area contributed by atoms with Gasteiger partial charge >= 0.3 is 0 Å². The molecular formula is C132H93N9OS. The van der Waals surface area contributed by atoms with Gasteiger partial charge in [-0.25, -0.2) is 29.9 Å². The molecule has 4 aliphatic rings. The van der Waals surface area contributed by atoms with Crippen LogP contribution in [0.25, 0.3) is 237 Å². The number of benzene rings is 18. The van der Waals surface area contributed by atoms with Crippen LogP contribution in [0.2, 0.25) is 0 Å². The second-order valence-corrected chi connectivity index (χ2v) is 41.8. The van der Waals surface area contributed by atoms with Crippen molar-refractivity contribution in [3.8, 4) is 130 Å². The van der Waals surface area contributed by atoms with Crippen LogP contribution in [0.3, 0.4) is 0 Å². The lowest BCUT2D eigenvalue weighted by Gasteiger charge is -2.21. The van der Waals surface area contributed by atoms with Gasteiger partial charge in [-0.2, -0.15) is 0 Å². The van der Waals surface area contributed by atoms with Gasteiger partial charge in [-0.15, -0.1) is 11.3 Å². The van der Waals surface area contributed by atoms with Crippen LogP contribution in [0.15, 0.2) is 423 Å². The summed E-state index contributed by atoms with van der Waals surface area (Å²) in [6.07, 6.45) is 0. The maximum atomic E-state index is 6.37. The Labute approximate surface area is 830 Å². The van der Waals surface area contributed by atoms with Crippen LogP contribution >= 0.6 is 11.3 Å². The zero-order valence-corrected chi connectivity index (χ0v) is 81.0. The zero-order chi connectivity index (χ0) is 95.6. The van der Waals surface area contributed by atoms with Gasteiger partial charge in [-0.1, -0.05) is 371 Å². The molecule has 0 bridgehead atoms. The Morgan fingerprint density at radius 3 is 1.05 bits per heavy atom. The van der Waals surface area contributed by atoms with E-state index >= 15 is 0 Å². The normalized spacial score (nSPS) is 14.0. The van der Waals surface area contributed by atoms with Crippen molar-refractivity contribution in [1.82, 2.24) is 43.6 Å². The van der Waals surface area contributed by atoms with E-state index in [1.807, 2.05) is 53.8 Å². The predicted octanol–water partition coefficient (Wildman–Crippen LogP) is 34.2. The topological polar surface area (TPSA) is 105 Å². The summed E-state index contributed by atoms with van der Waals surface area (Å²) in [5, 5.41) is 12.4. The minimum absolute atomic E-state index is 0.0703. The number of hydrogen-bond donors (Lipinski definition) is 0. The van der Waals surface area contributed by atoms with E-state index < -0.39 is 0 Å². The Hall–Kier alpha value is -17.4. The van der Waals surface area contributed by atoms with E-state index in [1.165, 1.54) is 130 Å². The number of rotatable bonds is 9. The molecule has 11 heteroatoms. The van der Waals surface area contributed by atoms with Gasteiger partial charge < -0.3 is 18.1 Å². The van der Waals surface area contributed by atoms with E-state index in [4.69, 9.17) is 34.3 Å². The Kier molecular flexibility index (Phi) is 18.5.